The molecule has 1 aliphatic heterocycles. The van der Waals surface area contributed by atoms with Gasteiger partial charge in [-0.25, -0.2) is 28.7 Å². The Hall–Kier alpha value is -4.25. The SMILES string of the molecule is C=N/C(=C\C=C(/C)C(=C)C1CCN(C(=O)CO)CC1)Nc1ncc(F)c(-c2cc(F)c3nc(C)n(C(C)C)c3c2)n1. The van der Waals surface area contributed by atoms with E-state index in [1.165, 1.54) is 6.07 Å². The van der Waals surface area contributed by atoms with Crippen molar-refractivity contribution in [3.05, 3.63) is 71.5 Å². The van der Waals surface area contributed by atoms with Crippen molar-refractivity contribution in [1.82, 2.24) is 24.4 Å². The van der Waals surface area contributed by atoms with Gasteiger partial charge in [0, 0.05) is 24.7 Å². The molecule has 2 aromatic heterocycles. The molecule has 3 aromatic rings. The molecule has 0 unspecified atom stereocenters. The number of aliphatic hydroxyl groups is 1. The first-order valence-electron chi connectivity index (χ1n) is 13.4. The lowest BCUT2D eigenvalue weighted by Crippen LogP contribution is -2.40. The average Bonchev–Trinajstić information content (AvgIpc) is 3.31. The van der Waals surface area contributed by atoms with Crippen LogP contribution in [0.4, 0.5) is 14.7 Å². The molecule has 1 fully saturated rings. The third kappa shape index (κ3) is 6.40. The average molecular weight is 564 g/mol. The van der Waals surface area contributed by atoms with E-state index in [4.69, 9.17) is 5.11 Å². The number of fused-ring (bicyclic) bond motifs is 1. The molecule has 0 atom stereocenters. The van der Waals surface area contributed by atoms with Gasteiger partial charge in [-0.05, 0) is 82.5 Å². The molecule has 2 N–H and O–H groups in total. The van der Waals surface area contributed by atoms with Gasteiger partial charge in [0.2, 0.25) is 11.9 Å². The molecule has 0 radical (unpaired) electrons. The van der Waals surface area contributed by atoms with Gasteiger partial charge in [-0.1, -0.05) is 12.7 Å². The summed E-state index contributed by atoms with van der Waals surface area (Å²) in [6.45, 7) is 16.2. The minimum atomic E-state index is -0.697. The predicted molar refractivity (Wildman–Crippen MR) is 156 cm³/mol. The van der Waals surface area contributed by atoms with Gasteiger partial charge in [0.1, 0.15) is 29.5 Å². The lowest BCUT2D eigenvalue weighted by atomic mass is 9.86. The van der Waals surface area contributed by atoms with Gasteiger partial charge in [0.05, 0.1) is 11.7 Å². The van der Waals surface area contributed by atoms with Crippen molar-refractivity contribution in [2.45, 2.75) is 46.6 Å². The Morgan fingerprint density at radius 3 is 2.56 bits per heavy atom. The van der Waals surface area contributed by atoms with Crippen molar-refractivity contribution in [2.75, 3.05) is 25.0 Å². The molecule has 11 heteroatoms. The first kappa shape index (κ1) is 29.7. The summed E-state index contributed by atoms with van der Waals surface area (Å²) in [6, 6.07) is 2.93. The predicted octanol–water partition coefficient (Wildman–Crippen LogP) is 5.35. The number of nitrogens with one attached hydrogen (secondary N) is 1. The van der Waals surface area contributed by atoms with Gasteiger partial charge in [-0.2, -0.15) is 0 Å². The molecule has 0 aliphatic carbocycles. The molecule has 4 rings (SSSR count). The monoisotopic (exact) mass is 563 g/mol. The zero-order chi connectivity index (χ0) is 29.8. The van der Waals surface area contributed by atoms with Gasteiger partial charge in [0.15, 0.2) is 11.6 Å². The van der Waals surface area contributed by atoms with Crippen LogP contribution in [0.1, 0.15) is 45.5 Å². The number of aromatic nitrogens is 4. The largest absolute Gasteiger partial charge is 0.387 e. The van der Waals surface area contributed by atoms with Gasteiger partial charge in [0.25, 0.3) is 0 Å². The van der Waals surface area contributed by atoms with E-state index >= 15 is 4.39 Å². The summed E-state index contributed by atoms with van der Waals surface area (Å²) in [5.41, 5.74) is 2.86. The van der Waals surface area contributed by atoms with Crippen molar-refractivity contribution >= 4 is 29.6 Å². The molecule has 41 heavy (non-hydrogen) atoms. The zero-order valence-electron chi connectivity index (χ0n) is 23.8. The fourth-order valence-corrected chi connectivity index (χ4v) is 5.15. The number of nitrogens with zero attached hydrogens (tertiary/aromatic N) is 6. The number of halogens is 2. The van der Waals surface area contributed by atoms with Crippen LogP contribution in [0.3, 0.4) is 0 Å². The van der Waals surface area contributed by atoms with Crippen LogP contribution in [0, 0.1) is 24.5 Å². The summed E-state index contributed by atoms with van der Waals surface area (Å²) in [5, 5.41) is 12.0. The van der Waals surface area contributed by atoms with E-state index in [1.807, 2.05) is 31.4 Å². The van der Waals surface area contributed by atoms with Crippen molar-refractivity contribution in [3.8, 4) is 11.3 Å². The molecule has 1 aromatic carbocycles. The van der Waals surface area contributed by atoms with Gasteiger partial charge in [-0.15, -0.1) is 0 Å². The van der Waals surface area contributed by atoms with Crippen LogP contribution >= 0.6 is 0 Å². The van der Waals surface area contributed by atoms with Crippen molar-refractivity contribution in [3.63, 3.8) is 0 Å². The number of aliphatic imine (C=N–C) groups is 1. The van der Waals surface area contributed by atoms with Gasteiger partial charge in [-0.3, -0.25) is 4.79 Å². The molecular formula is C30H35F2N7O2. The minimum absolute atomic E-state index is 0.0318. The second kappa shape index (κ2) is 12.5. The lowest BCUT2D eigenvalue weighted by molar-refractivity contribution is -0.135. The molecule has 9 nitrogen and oxygen atoms in total. The Bertz CT molecular complexity index is 1550. The summed E-state index contributed by atoms with van der Waals surface area (Å²) < 4.78 is 31.8. The summed E-state index contributed by atoms with van der Waals surface area (Å²) in [7, 11) is 0. The Balaban J connectivity index is 1.54. The number of carbonyl (C=O) groups is 1. The first-order chi connectivity index (χ1) is 19.5. The van der Waals surface area contributed by atoms with E-state index in [0.29, 0.717) is 30.3 Å². The number of hydrogen-bond donors (Lipinski definition) is 2. The highest BCUT2D eigenvalue weighted by Crippen LogP contribution is 2.31. The van der Waals surface area contributed by atoms with Gasteiger partial charge < -0.3 is 19.9 Å². The number of piperidine rings is 1. The molecule has 0 saturated carbocycles. The number of aliphatic hydroxyl groups excluding tert-OH is 1. The van der Waals surface area contributed by atoms with Crippen LogP contribution in [0.5, 0.6) is 0 Å². The molecule has 1 saturated heterocycles. The lowest BCUT2D eigenvalue weighted by Gasteiger charge is -2.32. The summed E-state index contributed by atoms with van der Waals surface area (Å²) in [5.74, 6) is -0.243. The topological polar surface area (TPSA) is 109 Å². The third-order valence-electron chi connectivity index (χ3n) is 7.34. The van der Waals surface area contributed by atoms with Crippen LogP contribution < -0.4 is 5.32 Å². The molecule has 1 amide bonds. The number of likely N-dealkylation sites (tertiary alicyclic amines) is 1. The van der Waals surface area contributed by atoms with Crippen molar-refractivity contribution < 1.29 is 18.7 Å². The third-order valence-corrected chi connectivity index (χ3v) is 7.34. The van der Waals surface area contributed by atoms with E-state index in [9.17, 15) is 9.18 Å². The first-order valence-corrected chi connectivity index (χ1v) is 13.4. The number of imidazole rings is 1. The number of carbonyl (C=O) groups excluding carboxylic acids is 1. The number of amides is 1. The smallest absolute Gasteiger partial charge is 0.248 e. The number of allylic oxidation sites excluding steroid dienone is 4. The Labute approximate surface area is 238 Å². The van der Waals surface area contributed by atoms with Gasteiger partial charge >= 0.3 is 0 Å². The normalized spacial score (nSPS) is 15.1. The second-order valence-corrected chi connectivity index (χ2v) is 10.4. The molecule has 216 valence electrons. The van der Waals surface area contributed by atoms with E-state index < -0.39 is 18.2 Å². The molecule has 0 spiro atoms. The van der Waals surface area contributed by atoms with Crippen molar-refractivity contribution in [2.24, 2.45) is 10.9 Å². The highest BCUT2D eigenvalue weighted by molar-refractivity contribution is 5.83. The number of anilines is 1. The maximum absolute atomic E-state index is 15.0. The standard InChI is InChI=1S/C30H35F2N7O2/c1-17(2)39-20(5)35-29-23(31)13-22(14-25(29)39)28-24(32)15-34-30(37-28)36-26(33-6)8-7-18(3)19(4)21-9-11-38(12-10-21)27(41)16-40/h7-8,13-15,17,21,40H,4,6,9-12,16H2,1-3,5H3,(H,34,36,37)/b18-7+,26-8+. The van der Waals surface area contributed by atoms with Crippen LogP contribution in [-0.2, 0) is 4.79 Å². The molecule has 3 heterocycles. The molecule has 1 aliphatic rings. The number of hydrogen-bond acceptors (Lipinski definition) is 7. The number of rotatable bonds is 9. The highest BCUT2D eigenvalue weighted by Gasteiger charge is 2.24. The fourth-order valence-electron chi connectivity index (χ4n) is 5.15. The van der Waals surface area contributed by atoms with Crippen LogP contribution in [0.2, 0.25) is 0 Å². The summed E-state index contributed by atoms with van der Waals surface area (Å²) in [4.78, 5) is 30.1. The van der Waals surface area contributed by atoms with Crippen LogP contribution in [0.15, 0.2) is 59.0 Å². The summed E-state index contributed by atoms with van der Waals surface area (Å²) >= 11 is 0. The molecular weight excluding hydrogens is 528 g/mol. The fraction of sp³-hybridized carbons (Fsp3) is 0.367. The number of aryl methyl sites for hydroxylation is 1. The van der Waals surface area contributed by atoms with Crippen LogP contribution in [-0.4, -0.2) is 61.8 Å². The maximum atomic E-state index is 15.0. The Morgan fingerprint density at radius 1 is 1.22 bits per heavy atom. The second-order valence-electron chi connectivity index (χ2n) is 10.4. The highest BCUT2D eigenvalue weighted by atomic mass is 19.1. The zero-order valence-corrected chi connectivity index (χ0v) is 23.8. The number of benzene rings is 1. The van der Waals surface area contributed by atoms with E-state index in [1.54, 1.807) is 24.0 Å². The minimum Gasteiger partial charge on any atom is -0.387 e. The van der Waals surface area contributed by atoms with E-state index in [0.717, 1.165) is 30.2 Å². The van der Waals surface area contributed by atoms with Crippen molar-refractivity contribution in [1.29, 1.82) is 0 Å². The Kier molecular flexibility index (Phi) is 9.07. The summed E-state index contributed by atoms with van der Waals surface area (Å²) in [6.07, 6.45) is 6.09. The quantitative estimate of drug-likeness (QED) is 0.269. The van der Waals surface area contributed by atoms with Crippen LogP contribution in [0.25, 0.3) is 22.3 Å². The Morgan fingerprint density at radius 2 is 1.93 bits per heavy atom. The maximum Gasteiger partial charge on any atom is 0.248 e. The van der Waals surface area contributed by atoms with E-state index in [2.05, 4.69) is 38.6 Å². The van der Waals surface area contributed by atoms with E-state index in [-0.39, 0.29) is 40.6 Å². The molecule has 0 bridgehead atoms.